The number of carbonyl (C=O) groups excluding carboxylic acids is 1. The first-order chi connectivity index (χ1) is 9.58. The summed E-state index contributed by atoms with van der Waals surface area (Å²) in [6.07, 6.45) is 7.89. The molecule has 1 aromatic rings. The third-order valence-electron chi connectivity index (χ3n) is 4.44. The number of carbonyl (C=O) groups is 1. The van der Waals surface area contributed by atoms with E-state index in [1.54, 1.807) is 6.07 Å². The number of hydrogen-bond acceptors (Lipinski definition) is 2. The van der Waals surface area contributed by atoms with E-state index >= 15 is 0 Å². The van der Waals surface area contributed by atoms with Gasteiger partial charge in [0.05, 0.1) is 0 Å². The van der Waals surface area contributed by atoms with Gasteiger partial charge in [0, 0.05) is 24.8 Å². The minimum atomic E-state index is 0. The number of rotatable bonds is 4. The number of halogens is 1. The van der Waals surface area contributed by atoms with Crippen molar-refractivity contribution in [2.24, 2.45) is 5.92 Å². The molecule has 0 aliphatic heterocycles. The normalized spacial score (nSPS) is 15.3. The third kappa shape index (κ3) is 4.92. The average Bonchev–Trinajstić information content (AvgIpc) is 2.47. The molecule has 1 amide bonds. The van der Waals surface area contributed by atoms with Gasteiger partial charge in [0.15, 0.2) is 0 Å². The second-order valence-electron chi connectivity index (χ2n) is 6.09. The van der Waals surface area contributed by atoms with Crippen molar-refractivity contribution >= 4 is 24.0 Å². The minimum absolute atomic E-state index is 0. The second-order valence-corrected chi connectivity index (χ2v) is 6.09. The summed E-state index contributed by atoms with van der Waals surface area (Å²) < 4.78 is 0. The van der Waals surface area contributed by atoms with Gasteiger partial charge in [-0.2, -0.15) is 0 Å². The molecule has 118 valence electrons. The van der Waals surface area contributed by atoms with Crippen molar-refractivity contribution in [2.45, 2.75) is 45.4 Å². The van der Waals surface area contributed by atoms with Crippen LogP contribution in [0.5, 0.6) is 0 Å². The van der Waals surface area contributed by atoms with Crippen molar-refractivity contribution in [1.29, 1.82) is 0 Å². The van der Waals surface area contributed by atoms with Crippen LogP contribution in [0.2, 0.25) is 0 Å². The standard InChI is InChI=1S/C17H26N2O.ClH/c1-13-8-9-15(18)12-16(13)17(20)19(2)11-10-14-6-4-3-5-7-14;/h8-9,12,14H,3-7,10-11,18H2,1-2H3;1H. The lowest BCUT2D eigenvalue weighted by Gasteiger charge is -2.25. The first kappa shape index (κ1) is 17.8. The smallest absolute Gasteiger partial charge is 0.253 e. The predicted molar refractivity (Wildman–Crippen MR) is 91.0 cm³/mol. The Labute approximate surface area is 134 Å². The van der Waals surface area contributed by atoms with Crippen LogP contribution in [0, 0.1) is 12.8 Å². The van der Waals surface area contributed by atoms with Crippen LogP contribution in [0.1, 0.15) is 54.4 Å². The number of hydrogen-bond donors (Lipinski definition) is 1. The first-order valence-corrected chi connectivity index (χ1v) is 7.69. The van der Waals surface area contributed by atoms with Crippen LogP contribution in [0.3, 0.4) is 0 Å². The highest BCUT2D eigenvalue weighted by Gasteiger charge is 2.18. The Bertz CT molecular complexity index is 470. The summed E-state index contributed by atoms with van der Waals surface area (Å²) in [6.45, 7) is 2.80. The van der Waals surface area contributed by atoms with Crippen LogP contribution in [-0.2, 0) is 0 Å². The van der Waals surface area contributed by atoms with Crippen LogP contribution in [0.4, 0.5) is 5.69 Å². The first-order valence-electron chi connectivity index (χ1n) is 7.69. The molecule has 1 saturated carbocycles. The molecule has 4 heteroatoms. The predicted octanol–water partition coefficient (Wildman–Crippen LogP) is 4.04. The molecule has 0 atom stereocenters. The number of nitrogens with two attached hydrogens (primary N) is 1. The molecule has 0 saturated heterocycles. The van der Waals surface area contributed by atoms with Gasteiger partial charge in [0.1, 0.15) is 0 Å². The number of benzene rings is 1. The Morgan fingerprint density at radius 2 is 1.95 bits per heavy atom. The second kappa shape index (κ2) is 8.28. The van der Waals surface area contributed by atoms with Crippen LogP contribution in [0.25, 0.3) is 0 Å². The van der Waals surface area contributed by atoms with Crippen molar-refractivity contribution in [3.8, 4) is 0 Å². The molecule has 1 aliphatic rings. The van der Waals surface area contributed by atoms with E-state index < -0.39 is 0 Å². The molecule has 0 bridgehead atoms. The Balaban J connectivity index is 0.00000220. The molecule has 21 heavy (non-hydrogen) atoms. The molecule has 3 nitrogen and oxygen atoms in total. The summed E-state index contributed by atoms with van der Waals surface area (Å²) in [6, 6.07) is 5.54. The van der Waals surface area contributed by atoms with E-state index in [4.69, 9.17) is 5.73 Å². The maximum atomic E-state index is 12.5. The molecule has 1 fully saturated rings. The lowest BCUT2D eigenvalue weighted by molar-refractivity contribution is 0.0783. The summed E-state index contributed by atoms with van der Waals surface area (Å²) in [5.41, 5.74) is 8.16. The largest absolute Gasteiger partial charge is 0.399 e. The molecule has 0 radical (unpaired) electrons. The fraction of sp³-hybridized carbons (Fsp3) is 0.588. The topological polar surface area (TPSA) is 46.3 Å². The van der Waals surface area contributed by atoms with E-state index in [-0.39, 0.29) is 18.3 Å². The van der Waals surface area contributed by atoms with Gasteiger partial charge in [-0.15, -0.1) is 12.4 Å². The molecule has 0 unspecified atom stereocenters. The van der Waals surface area contributed by atoms with Crippen molar-refractivity contribution in [3.63, 3.8) is 0 Å². The summed E-state index contributed by atoms with van der Waals surface area (Å²) in [4.78, 5) is 14.3. The third-order valence-corrected chi connectivity index (χ3v) is 4.44. The van der Waals surface area contributed by atoms with Crippen molar-refractivity contribution in [1.82, 2.24) is 4.90 Å². The molecule has 1 aliphatic carbocycles. The molecular formula is C17H27ClN2O. The monoisotopic (exact) mass is 310 g/mol. The Hall–Kier alpha value is -1.22. The van der Waals surface area contributed by atoms with Crippen LogP contribution < -0.4 is 5.73 Å². The molecule has 0 spiro atoms. The van der Waals surface area contributed by atoms with Gasteiger partial charge in [-0.25, -0.2) is 0 Å². The fourth-order valence-corrected chi connectivity index (χ4v) is 3.03. The van der Waals surface area contributed by atoms with E-state index in [2.05, 4.69) is 0 Å². The van der Waals surface area contributed by atoms with E-state index in [1.165, 1.54) is 32.1 Å². The number of aryl methyl sites for hydroxylation is 1. The molecule has 0 aromatic heterocycles. The van der Waals surface area contributed by atoms with Crippen LogP contribution in [-0.4, -0.2) is 24.4 Å². The quantitative estimate of drug-likeness (QED) is 0.853. The van der Waals surface area contributed by atoms with Crippen LogP contribution >= 0.6 is 12.4 Å². The minimum Gasteiger partial charge on any atom is -0.399 e. The summed E-state index contributed by atoms with van der Waals surface area (Å²) in [7, 11) is 1.90. The molecule has 2 rings (SSSR count). The van der Waals surface area contributed by atoms with Crippen molar-refractivity contribution in [2.75, 3.05) is 19.3 Å². The molecular weight excluding hydrogens is 284 g/mol. The van der Waals surface area contributed by atoms with Gasteiger partial charge in [0.2, 0.25) is 0 Å². The summed E-state index contributed by atoms with van der Waals surface area (Å²) >= 11 is 0. The van der Waals surface area contributed by atoms with Gasteiger partial charge in [0.25, 0.3) is 5.91 Å². The van der Waals surface area contributed by atoms with Crippen LogP contribution in [0.15, 0.2) is 18.2 Å². The summed E-state index contributed by atoms with van der Waals surface area (Å²) in [5, 5.41) is 0. The Morgan fingerprint density at radius 1 is 1.29 bits per heavy atom. The van der Waals surface area contributed by atoms with E-state index in [9.17, 15) is 4.79 Å². The number of amides is 1. The zero-order valence-electron chi connectivity index (χ0n) is 13.1. The van der Waals surface area contributed by atoms with Gasteiger partial charge in [-0.1, -0.05) is 38.2 Å². The highest BCUT2D eigenvalue weighted by Crippen LogP contribution is 2.26. The van der Waals surface area contributed by atoms with Crippen molar-refractivity contribution in [3.05, 3.63) is 29.3 Å². The lowest BCUT2D eigenvalue weighted by atomic mass is 9.87. The fourth-order valence-electron chi connectivity index (χ4n) is 3.03. The zero-order valence-corrected chi connectivity index (χ0v) is 13.9. The summed E-state index contributed by atoms with van der Waals surface area (Å²) in [5.74, 6) is 0.895. The van der Waals surface area contributed by atoms with E-state index in [0.717, 1.165) is 30.0 Å². The average molecular weight is 311 g/mol. The highest BCUT2D eigenvalue weighted by molar-refractivity contribution is 5.96. The van der Waals surface area contributed by atoms with E-state index in [0.29, 0.717) is 5.69 Å². The van der Waals surface area contributed by atoms with Gasteiger partial charge < -0.3 is 10.6 Å². The number of nitrogens with zero attached hydrogens (tertiary/aromatic N) is 1. The Morgan fingerprint density at radius 3 is 2.62 bits per heavy atom. The zero-order chi connectivity index (χ0) is 14.5. The van der Waals surface area contributed by atoms with Gasteiger partial charge >= 0.3 is 0 Å². The SMILES string of the molecule is Cc1ccc(N)cc1C(=O)N(C)CCC1CCCCC1.Cl. The maximum Gasteiger partial charge on any atom is 0.253 e. The maximum absolute atomic E-state index is 12.5. The number of nitrogen functional groups attached to an aromatic ring is 1. The molecule has 2 N–H and O–H groups in total. The molecule has 0 heterocycles. The van der Waals surface area contributed by atoms with Crippen molar-refractivity contribution < 1.29 is 4.79 Å². The number of anilines is 1. The van der Waals surface area contributed by atoms with Gasteiger partial charge in [-0.3, -0.25) is 4.79 Å². The highest BCUT2D eigenvalue weighted by atomic mass is 35.5. The van der Waals surface area contributed by atoms with Gasteiger partial charge in [-0.05, 0) is 37.0 Å². The Kier molecular flexibility index (Phi) is 7.03. The molecule has 1 aromatic carbocycles. The lowest BCUT2D eigenvalue weighted by Crippen LogP contribution is -2.29. The van der Waals surface area contributed by atoms with E-state index in [1.807, 2.05) is 31.0 Å².